The Morgan fingerprint density at radius 2 is 0.368 bits per heavy atom. The molecule has 0 heterocycles. The number of hydrogen-bond acceptors (Lipinski definition) is 0. The summed E-state index contributed by atoms with van der Waals surface area (Å²) in [5.74, 6) is 0. The average Bonchev–Trinajstić information content (AvgIpc) is 2.93. The normalized spacial score (nSPS) is 12.0. The molecule has 0 aliphatic rings. The molecular formula is C37H78N+. The van der Waals surface area contributed by atoms with Gasteiger partial charge < -0.3 is 4.48 Å². The van der Waals surface area contributed by atoms with Crippen molar-refractivity contribution in [2.45, 2.75) is 214 Å². The van der Waals surface area contributed by atoms with Gasteiger partial charge in [-0.1, -0.05) is 163 Å². The molecule has 1 heteroatoms. The van der Waals surface area contributed by atoms with Crippen LogP contribution >= 0.6 is 0 Å². The van der Waals surface area contributed by atoms with Crippen molar-refractivity contribution in [3.05, 3.63) is 0 Å². The summed E-state index contributed by atoms with van der Waals surface area (Å²) < 4.78 is 1.48. The first-order valence-electron chi connectivity index (χ1n) is 18.6. The molecule has 0 aromatic carbocycles. The Hall–Kier alpha value is -0.0400. The van der Waals surface area contributed by atoms with Gasteiger partial charge in [-0.15, -0.1) is 0 Å². The largest absolute Gasteiger partial charge is 0.324 e. The number of quaternary nitrogens is 1. The Bertz CT molecular complexity index is 367. The fourth-order valence-electron chi connectivity index (χ4n) is 6.46. The number of unbranched alkanes of at least 4 members (excludes halogenated alkanes) is 25. The Labute approximate surface area is 244 Å². The van der Waals surface area contributed by atoms with Gasteiger partial charge in [-0.2, -0.15) is 0 Å². The summed E-state index contributed by atoms with van der Waals surface area (Å²) >= 11 is 0. The molecule has 0 rings (SSSR count). The Morgan fingerprint density at radius 1 is 0.211 bits per heavy atom. The molecule has 0 saturated carbocycles. The molecule has 0 spiro atoms. The van der Waals surface area contributed by atoms with Crippen molar-refractivity contribution in [3.8, 4) is 0 Å². The summed E-state index contributed by atoms with van der Waals surface area (Å²) in [5.41, 5.74) is 0. The summed E-state index contributed by atoms with van der Waals surface area (Å²) in [6.45, 7) is 15.3. The monoisotopic (exact) mass is 537 g/mol. The van der Waals surface area contributed by atoms with Gasteiger partial charge >= 0.3 is 0 Å². The second kappa shape index (κ2) is 31.5. The fraction of sp³-hybridized carbons (Fsp3) is 1.00. The van der Waals surface area contributed by atoms with Gasteiger partial charge in [-0.25, -0.2) is 0 Å². The second-order valence-electron chi connectivity index (χ2n) is 13.1. The lowest BCUT2D eigenvalue weighted by atomic mass is 10.0. The molecule has 1 nitrogen and oxygen atoms in total. The molecule has 230 valence electrons. The van der Waals surface area contributed by atoms with E-state index in [4.69, 9.17) is 0 Å². The fourth-order valence-corrected chi connectivity index (χ4v) is 6.46. The predicted molar refractivity (Wildman–Crippen MR) is 176 cm³/mol. The smallest absolute Gasteiger partial charge is 0.0786 e. The Morgan fingerprint density at radius 3 is 0.553 bits per heavy atom. The first-order valence-corrected chi connectivity index (χ1v) is 18.6. The highest BCUT2D eigenvalue weighted by molar-refractivity contribution is 4.55. The third-order valence-corrected chi connectivity index (χ3v) is 9.19. The van der Waals surface area contributed by atoms with Crippen molar-refractivity contribution in [1.82, 2.24) is 0 Å². The van der Waals surface area contributed by atoms with E-state index in [0.717, 1.165) is 0 Å². The number of hydrogen-bond donors (Lipinski definition) is 0. The van der Waals surface area contributed by atoms with E-state index in [1.165, 1.54) is 217 Å². The molecule has 0 atom stereocenters. The molecule has 0 aromatic rings. The lowest BCUT2D eigenvalue weighted by Gasteiger charge is -2.40. The van der Waals surface area contributed by atoms with E-state index in [9.17, 15) is 0 Å². The van der Waals surface area contributed by atoms with Gasteiger partial charge in [-0.3, -0.25) is 0 Å². The van der Waals surface area contributed by atoms with Crippen molar-refractivity contribution in [2.24, 2.45) is 0 Å². The van der Waals surface area contributed by atoms with E-state index in [1.807, 2.05) is 0 Å². The first-order chi connectivity index (χ1) is 18.7. The molecule has 0 radical (unpaired) electrons. The molecular weight excluding hydrogens is 458 g/mol. The van der Waals surface area contributed by atoms with Crippen molar-refractivity contribution in [3.63, 3.8) is 0 Å². The van der Waals surface area contributed by atoms with Gasteiger partial charge in [0.1, 0.15) is 0 Å². The third kappa shape index (κ3) is 26.2. The van der Waals surface area contributed by atoms with E-state index in [-0.39, 0.29) is 0 Å². The van der Waals surface area contributed by atoms with Gasteiger partial charge in [-0.05, 0) is 51.4 Å². The van der Waals surface area contributed by atoms with Crippen LogP contribution in [0.2, 0.25) is 0 Å². The third-order valence-electron chi connectivity index (χ3n) is 9.19. The van der Waals surface area contributed by atoms with Gasteiger partial charge in [0.05, 0.1) is 26.2 Å². The standard InChI is InChI=1S/C37H78N/c1-5-9-13-17-20-23-27-31-35-38(34-30-26-16-12-8-4,36-32-28-24-21-18-14-10-6-2)37-33-29-25-22-19-15-11-7-3/h5-37H2,1-4H3/q+1. The van der Waals surface area contributed by atoms with Crippen LogP contribution in [0.1, 0.15) is 214 Å². The minimum absolute atomic E-state index is 1.37. The SMILES string of the molecule is CCCCCCCCCC[N+](CCCCCCC)(CCCCCCCCCC)CCCCCCCCCC. The van der Waals surface area contributed by atoms with E-state index in [0.29, 0.717) is 0 Å². The van der Waals surface area contributed by atoms with E-state index >= 15 is 0 Å². The van der Waals surface area contributed by atoms with Crippen LogP contribution in [0.25, 0.3) is 0 Å². The highest BCUT2D eigenvalue weighted by Crippen LogP contribution is 2.21. The topological polar surface area (TPSA) is 0 Å². The summed E-state index contributed by atoms with van der Waals surface area (Å²) in [4.78, 5) is 0. The lowest BCUT2D eigenvalue weighted by Crippen LogP contribution is -2.50. The Kier molecular flexibility index (Phi) is 31.5. The van der Waals surface area contributed by atoms with E-state index in [1.54, 1.807) is 0 Å². The average molecular weight is 537 g/mol. The minimum Gasteiger partial charge on any atom is -0.324 e. The van der Waals surface area contributed by atoms with Crippen LogP contribution in [0.15, 0.2) is 0 Å². The molecule has 0 bridgehead atoms. The van der Waals surface area contributed by atoms with Crippen LogP contribution in [0, 0.1) is 0 Å². The molecule has 38 heavy (non-hydrogen) atoms. The van der Waals surface area contributed by atoms with Gasteiger partial charge in [0.15, 0.2) is 0 Å². The van der Waals surface area contributed by atoms with Crippen LogP contribution in [0.4, 0.5) is 0 Å². The summed E-state index contributed by atoms with van der Waals surface area (Å²) in [6, 6.07) is 0. The van der Waals surface area contributed by atoms with Crippen molar-refractivity contribution in [2.75, 3.05) is 26.2 Å². The van der Waals surface area contributed by atoms with Crippen molar-refractivity contribution in [1.29, 1.82) is 0 Å². The van der Waals surface area contributed by atoms with E-state index < -0.39 is 0 Å². The van der Waals surface area contributed by atoms with Crippen molar-refractivity contribution >= 4 is 0 Å². The summed E-state index contributed by atoms with van der Waals surface area (Å²) in [5, 5.41) is 0. The number of nitrogens with zero attached hydrogens (tertiary/aromatic N) is 1. The minimum atomic E-state index is 1.37. The maximum Gasteiger partial charge on any atom is 0.0786 e. The first kappa shape index (κ1) is 38.0. The van der Waals surface area contributed by atoms with Crippen LogP contribution in [-0.2, 0) is 0 Å². The quantitative estimate of drug-likeness (QED) is 0.0577. The molecule has 0 aliphatic carbocycles. The van der Waals surface area contributed by atoms with Crippen LogP contribution in [0.3, 0.4) is 0 Å². The zero-order valence-electron chi connectivity index (χ0n) is 27.8. The second-order valence-corrected chi connectivity index (χ2v) is 13.1. The van der Waals surface area contributed by atoms with Gasteiger partial charge in [0, 0.05) is 0 Å². The van der Waals surface area contributed by atoms with Gasteiger partial charge in [0.2, 0.25) is 0 Å². The maximum atomic E-state index is 2.35. The highest BCUT2D eigenvalue weighted by atomic mass is 15.3. The zero-order valence-corrected chi connectivity index (χ0v) is 27.8. The molecule has 0 aliphatic heterocycles. The summed E-state index contributed by atoms with van der Waals surface area (Å²) in [6.07, 6.45) is 42.2. The predicted octanol–water partition coefficient (Wildman–Crippen LogP) is 13.2. The number of rotatable bonds is 33. The maximum absolute atomic E-state index is 2.35. The highest BCUT2D eigenvalue weighted by Gasteiger charge is 2.25. The Balaban J connectivity index is 4.74. The molecule has 0 amide bonds. The van der Waals surface area contributed by atoms with Crippen molar-refractivity contribution < 1.29 is 4.48 Å². The lowest BCUT2D eigenvalue weighted by molar-refractivity contribution is -0.929. The molecule has 0 aromatic heterocycles. The molecule has 0 unspecified atom stereocenters. The van der Waals surface area contributed by atoms with Gasteiger partial charge in [0.25, 0.3) is 0 Å². The molecule has 0 fully saturated rings. The van der Waals surface area contributed by atoms with E-state index in [2.05, 4.69) is 27.7 Å². The van der Waals surface area contributed by atoms with Crippen LogP contribution < -0.4 is 0 Å². The molecule has 0 N–H and O–H groups in total. The van der Waals surface area contributed by atoms with Crippen LogP contribution in [-0.4, -0.2) is 30.7 Å². The molecule has 0 saturated heterocycles. The zero-order chi connectivity index (χ0) is 27.8. The van der Waals surface area contributed by atoms with Crippen LogP contribution in [0.5, 0.6) is 0 Å². The summed E-state index contributed by atoms with van der Waals surface area (Å²) in [7, 11) is 0.